The van der Waals surface area contributed by atoms with Gasteiger partial charge in [-0.15, -0.1) is 0 Å². The van der Waals surface area contributed by atoms with E-state index in [0.717, 1.165) is 5.56 Å². The molecule has 4 nitrogen and oxygen atoms in total. The zero-order valence-electron chi connectivity index (χ0n) is 8.24. The van der Waals surface area contributed by atoms with Gasteiger partial charge in [-0.2, -0.15) is 0 Å². The van der Waals surface area contributed by atoms with Crippen molar-refractivity contribution in [2.75, 3.05) is 19.0 Å². The van der Waals surface area contributed by atoms with Gasteiger partial charge in [-0.3, -0.25) is 10.1 Å². The predicted octanol–water partition coefficient (Wildman–Crippen LogP) is 2.62. The SMILES string of the molecule is Cc1c(Cl)ccc([N+](=O)[O-])c1N(C)C. The average Bonchev–Trinajstić information content (AvgIpc) is 2.08. The molecule has 14 heavy (non-hydrogen) atoms. The number of hydrogen-bond acceptors (Lipinski definition) is 3. The molecule has 1 aromatic rings. The van der Waals surface area contributed by atoms with E-state index in [2.05, 4.69) is 0 Å². The van der Waals surface area contributed by atoms with Gasteiger partial charge in [0.05, 0.1) is 4.92 Å². The van der Waals surface area contributed by atoms with Crippen LogP contribution in [0.2, 0.25) is 5.02 Å². The first-order valence-electron chi connectivity index (χ1n) is 4.06. The molecule has 76 valence electrons. The van der Waals surface area contributed by atoms with Crippen LogP contribution >= 0.6 is 11.6 Å². The van der Waals surface area contributed by atoms with Gasteiger partial charge in [-0.25, -0.2) is 0 Å². The third kappa shape index (κ3) is 1.80. The maximum absolute atomic E-state index is 10.7. The number of anilines is 1. The maximum atomic E-state index is 10.7. The number of hydrogen-bond donors (Lipinski definition) is 0. The maximum Gasteiger partial charge on any atom is 0.292 e. The van der Waals surface area contributed by atoms with Crippen LogP contribution < -0.4 is 4.90 Å². The first kappa shape index (κ1) is 10.8. The van der Waals surface area contributed by atoms with E-state index in [-0.39, 0.29) is 5.69 Å². The standard InChI is InChI=1S/C9H11ClN2O2/c1-6-7(10)4-5-8(12(13)14)9(6)11(2)3/h4-5H,1-3H3. The number of halogens is 1. The fraction of sp³-hybridized carbons (Fsp3) is 0.333. The summed E-state index contributed by atoms with van der Waals surface area (Å²) in [7, 11) is 3.51. The predicted molar refractivity (Wildman–Crippen MR) is 57.2 cm³/mol. The fourth-order valence-electron chi connectivity index (χ4n) is 1.37. The Balaban J connectivity index is 3.45. The molecule has 0 aliphatic carbocycles. The van der Waals surface area contributed by atoms with E-state index >= 15 is 0 Å². The minimum atomic E-state index is -0.404. The molecule has 1 rings (SSSR count). The Labute approximate surface area is 87.2 Å². The molecule has 0 atom stereocenters. The third-order valence-electron chi connectivity index (χ3n) is 1.99. The monoisotopic (exact) mass is 214 g/mol. The van der Waals surface area contributed by atoms with Gasteiger partial charge in [0.2, 0.25) is 0 Å². The second-order valence-corrected chi connectivity index (χ2v) is 3.60. The van der Waals surface area contributed by atoms with Gasteiger partial charge in [0.1, 0.15) is 5.69 Å². The van der Waals surface area contributed by atoms with E-state index in [4.69, 9.17) is 11.6 Å². The fourth-order valence-corrected chi connectivity index (χ4v) is 1.53. The van der Waals surface area contributed by atoms with E-state index in [1.54, 1.807) is 32.0 Å². The summed E-state index contributed by atoms with van der Waals surface area (Å²) in [6, 6.07) is 2.96. The topological polar surface area (TPSA) is 46.4 Å². The number of nitro benzene ring substituents is 1. The van der Waals surface area contributed by atoms with E-state index < -0.39 is 4.92 Å². The molecule has 0 saturated heterocycles. The van der Waals surface area contributed by atoms with Crippen LogP contribution in [0.3, 0.4) is 0 Å². The lowest BCUT2D eigenvalue weighted by Gasteiger charge is -2.16. The van der Waals surface area contributed by atoms with E-state index in [1.807, 2.05) is 0 Å². The summed E-state index contributed by atoms with van der Waals surface area (Å²) in [5.41, 5.74) is 1.37. The molecule has 0 radical (unpaired) electrons. The summed E-state index contributed by atoms with van der Waals surface area (Å²) < 4.78 is 0. The summed E-state index contributed by atoms with van der Waals surface area (Å²) >= 11 is 5.89. The van der Waals surface area contributed by atoms with E-state index in [0.29, 0.717) is 10.7 Å². The smallest absolute Gasteiger partial charge is 0.292 e. The van der Waals surface area contributed by atoms with Gasteiger partial charge < -0.3 is 4.90 Å². The molecule has 0 spiro atoms. The Hall–Kier alpha value is -1.29. The van der Waals surface area contributed by atoms with Gasteiger partial charge in [0.25, 0.3) is 5.69 Å². The third-order valence-corrected chi connectivity index (χ3v) is 2.40. The largest absolute Gasteiger partial charge is 0.372 e. The molecule has 0 fully saturated rings. The highest BCUT2D eigenvalue weighted by atomic mass is 35.5. The lowest BCUT2D eigenvalue weighted by molar-refractivity contribution is -0.384. The molecular formula is C9H11ClN2O2. The van der Waals surface area contributed by atoms with Crippen molar-refractivity contribution >= 4 is 23.0 Å². The Morgan fingerprint density at radius 2 is 2.00 bits per heavy atom. The molecule has 1 aromatic carbocycles. The van der Waals surface area contributed by atoms with Crippen molar-refractivity contribution in [3.63, 3.8) is 0 Å². The summed E-state index contributed by atoms with van der Waals surface area (Å²) in [5, 5.41) is 11.3. The first-order chi connectivity index (χ1) is 6.45. The summed E-state index contributed by atoms with van der Waals surface area (Å²) in [5.74, 6) is 0. The van der Waals surface area contributed by atoms with Gasteiger partial charge in [-0.1, -0.05) is 11.6 Å². The van der Waals surface area contributed by atoms with Gasteiger partial charge in [-0.05, 0) is 18.6 Å². The van der Waals surface area contributed by atoms with Crippen molar-refractivity contribution in [3.05, 3.63) is 32.8 Å². The van der Waals surface area contributed by atoms with Crippen LogP contribution in [0.5, 0.6) is 0 Å². The number of nitro groups is 1. The first-order valence-corrected chi connectivity index (χ1v) is 4.43. The minimum Gasteiger partial charge on any atom is -0.372 e. The Kier molecular flexibility index (Phi) is 2.96. The van der Waals surface area contributed by atoms with Crippen LogP contribution in [0.25, 0.3) is 0 Å². The second-order valence-electron chi connectivity index (χ2n) is 3.19. The molecule has 5 heteroatoms. The molecule has 0 heterocycles. The van der Waals surface area contributed by atoms with Crippen LogP contribution in [0, 0.1) is 17.0 Å². The van der Waals surface area contributed by atoms with Crippen molar-refractivity contribution in [2.24, 2.45) is 0 Å². The number of benzene rings is 1. The van der Waals surface area contributed by atoms with Crippen LogP contribution in [-0.4, -0.2) is 19.0 Å². The lowest BCUT2D eigenvalue weighted by Crippen LogP contribution is -2.12. The molecule has 0 N–H and O–H groups in total. The Bertz CT molecular complexity index is 377. The molecule has 0 amide bonds. The van der Waals surface area contributed by atoms with Gasteiger partial charge in [0.15, 0.2) is 0 Å². The molecule has 0 unspecified atom stereocenters. The summed E-state index contributed by atoms with van der Waals surface area (Å²) in [6.45, 7) is 1.77. The van der Waals surface area contributed by atoms with Crippen molar-refractivity contribution in [2.45, 2.75) is 6.92 Å². The average molecular weight is 215 g/mol. The van der Waals surface area contributed by atoms with Crippen LogP contribution in [0.4, 0.5) is 11.4 Å². The Morgan fingerprint density at radius 3 is 2.43 bits per heavy atom. The zero-order valence-corrected chi connectivity index (χ0v) is 9.00. The van der Waals surface area contributed by atoms with Crippen LogP contribution in [-0.2, 0) is 0 Å². The zero-order chi connectivity index (χ0) is 10.9. The van der Waals surface area contributed by atoms with Crippen molar-refractivity contribution in [1.29, 1.82) is 0 Å². The molecule has 0 aromatic heterocycles. The van der Waals surface area contributed by atoms with Crippen molar-refractivity contribution in [1.82, 2.24) is 0 Å². The Morgan fingerprint density at radius 1 is 1.43 bits per heavy atom. The van der Waals surface area contributed by atoms with Crippen molar-refractivity contribution < 1.29 is 4.92 Å². The minimum absolute atomic E-state index is 0.0805. The second kappa shape index (κ2) is 3.84. The quantitative estimate of drug-likeness (QED) is 0.562. The van der Waals surface area contributed by atoms with E-state index in [9.17, 15) is 10.1 Å². The summed E-state index contributed by atoms with van der Waals surface area (Å²) in [4.78, 5) is 12.0. The van der Waals surface area contributed by atoms with Crippen LogP contribution in [0.1, 0.15) is 5.56 Å². The van der Waals surface area contributed by atoms with Gasteiger partial charge >= 0.3 is 0 Å². The molecule has 0 bridgehead atoms. The van der Waals surface area contributed by atoms with Crippen LogP contribution in [0.15, 0.2) is 12.1 Å². The molecule has 0 aliphatic rings. The molecule has 0 saturated carbocycles. The summed E-state index contributed by atoms with van der Waals surface area (Å²) in [6.07, 6.45) is 0. The molecule has 0 aliphatic heterocycles. The van der Waals surface area contributed by atoms with Gasteiger partial charge in [0, 0.05) is 25.2 Å². The number of rotatable bonds is 2. The highest BCUT2D eigenvalue weighted by Crippen LogP contribution is 2.34. The highest BCUT2D eigenvalue weighted by Gasteiger charge is 2.19. The highest BCUT2D eigenvalue weighted by molar-refractivity contribution is 6.31. The van der Waals surface area contributed by atoms with Crippen molar-refractivity contribution in [3.8, 4) is 0 Å². The van der Waals surface area contributed by atoms with E-state index in [1.165, 1.54) is 6.07 Å². The normalized spacial score (nSPS) is 10.0. The molecular weight excluding hydrogens is 204 g/mol. The lowest BCUT2D eigenvalue weighted by atomic mass is 10.1. The number of nitrogens with zero attached hydrogens (tertiary/aromatic N) is 2.